The molecule has 0 amide bonds. The highest BCUT2D eigenvalue weighted by Gasteiger charge is 2.46. The summed E-state index contributed by atoms with van der Waals surface area (Å²) in [5, 5.41) is 0.529. The quantitative estimate of drug-likeness (QED) is 0.588. The summed E-state index contributed by atoms with van der Waals surface area (Å²) in [6.07, 6.45) is -3.41. The first-order valence-electron chi connectivity index (χ1n) is 5.05. The van der Waals surface area contributed by atoms with E-state index in [0.717, 1.165) is 6.08 Å². The van der Waals surface area contributed by atoms with Crippen molar-refractivity contribution in [3.05, 3.63) is 44.8 Å². The second kappa shape index (κ2) is 5.37. The normalized spacial score (nSPS) is 23.6. The molecular formula is C11H7Cl3F3NS. The van der Waals surface area contributed by atoms with Crippen LogP contribution in [-0.4, -0.2) is 12.1 Å². The molecule has 1 aromatic carbocycles. The third-order valence-corrected chi connectivity index (χ3v) is 4.71. The molecule has 1 heterocycles. The summed E-state index contributed by atoms with van der Waals surface area (Å²) >= 11 is 18.4. The fourth-order valence-electron chi connectivity index (χ4n) is 1.75. The van der Waals surface area contributed by atoms with Gasteiger partial charge < -0.3 is 0 Å². The van der Waals surface area contributed by atoms with Gasteiger partial charge in [-0.3, -0.25) is 0 Å². The van der Waals surface area contributed by atoms with E-state index in [-0.39, 0.29) is 15.9 Å². The molecule has 0 spiro atoms. The molecule has 0 fully saturated rings. The van der Waals surface area contributed by atoms with E-state index < -0.39 is 16.6 Å². The Bertz CT molecular complexity index is 512. The predicted molar refractivity (Wildman–Crippen MR) is 73.7 cm³/mol. The summed E-state index contributed by atoms with van der Waals surface area (Å²) in [5.74, 6) is -0.122. The Labute approximate surface area is 127 Å². The van der Waals surface area contributed by atoms with Gasteiger partial charge in [0.15, 0.2) is 0 Å². The zero-order valence-corrected chi connectivity index (χ0v) is 12.3. The van der Waals surface area contributed by atoms with Crippen LogP contribution >= 0.6 is 46.8 Å². The van der Waals surface area contributed by atoms with Gasteiger partial charge in [-0.05, 0) is 30.2 Å². The minimum atomic E-state index is -4.43. The molecule has 1 aliphatic heterocycles. The maximum absolute atomic E-state index is 12.7. The van der Waals surface area contributed by atoms with Gasteiger partial charge in [0.25, 0.3) is 0 Å². The summed E-state index contributed by atoms with van der Waals surface area (Å²) in [6, 6.07) is 4.73. The summed E-state index contributed by atoms with van der Waals surface area (Å²) in [4.78, 5) is -0.760. The SMILES string of the molecule is FC(F)(F)C1=CC(CCl)(c2c(Cl)cccc2Cl)NS1. The summed E-state index contributed by atoms with van der Waals surface area (Å²) in [7, 11) is 0. The van der Waals surface area contributed by atoms with Gasteiger partial charge >= 0.3 is 6.18 Å². The van der Waals surface area contributed by atoms with E-state index in [9.17, 15) is 13.2 Å². The Morgan fingerprint density at radius 1 is 1.21 bits per heavy atom. The minimum absolute atomic E-state index is 0.122. The lowest BCUT2D eigenvalue weighted by atomic mass is 9.92. The van der Waals surface area contributed by atoms with Crippen LogP contribution in [0.5, 0.6) is 0 Å². The van der Waals surface area contributed by atoms with Crippen molar-refractivity contribution in [1.82, 2.24) is 4.72 Å². The second-order valence-corrected chi connectivity index (χ2v) is 5.84. The molecule has 0 bridgehead atoms. The largest absolute Gasteiger partial charge is 0.423 e. The van der Waals surface area contributed by atoms with Crippen molar-refractivity contribution in [3.63, 3.8) is 0 Å². The molecule has 1 nitrogen and oxygen atoms in total. The molecule has 19 heavy (non-hydrogen) atoms. The van der Waals surface area contributed by atoms with Crippen LogP contribution in [0.1, 0.15) is 5.56 Å². The van der Waals surface area contributed by atoms with Gasteiger partial charge in [-0.2, -0.15) is 13.2 Å². The molecule has 0 radical (unpaired) electrons. The lowest BCUT2D eigenvalue weighted by molar-refractivity contribution is -0.0837. The molecule has 8 heteroatoms. The third-order valence-electron chi connectivity index (χ3n) is 2.62. The van der Waals surface area contributed by atoms with Crippen molar-refractivity contribution in [1.29, 1.82) is 0 Å². The Morgan fingerprint density at radius 2 is 1.79 bits per heavy atom. The maximum Gasteiger partial charge on any atom is 0.423 e. The monoisotopic (exact) mass is 347 g/mol. The van der Waals surface area contributed by atoms with Crippen LogP contribution in [0.15, 0.2) is 29.2 Å². The Morgan fingerprint density at radius 3 is 2.21 bits per heavy atom. The molecule has 1 aliphatic rings. The van der Waals surface area contributed by atoms with Crippen LogP contribution < -0.4 is 4.72 Å². The molecule has 1 N–H and O–H groups in total. The Hall–Kier alpha value is -0.0700. The predicted octanol–water partition coefficient (Wildman–Crippen LogP) is 5.13. The van der Waals surface area contributed by atoms with Crippen LogP contribution in [0.4, 0.5) is 13.2 Å². The zero-order valence-electron chi connectivity index (χ0n) is 9.19. The molecule has 0 aliphatic carbocycles. The van der Waals surface area contributed by atoms with Crippen LogP contribution in [0, 0.1) is 0 Å². The van der Waals surface area contributed by atoms with Crippen molar-refractivity contribution in [2.75, 3.05) is 5.88 Å². The number of allylic oxidation sites excluding steroid dienone is 1. The fourth-order valence-corrected chi connectivity index (χ4v) is 3.74. The van der Waals surface area contributed by atoms with Gasteiger partial charge in [0.1, 0.15) is 4.91 Å². The Balaban J connectivity index is 2.55. The third kappa shape index (κ3) is 2.85. The van der Waals surface area contributed by atoms with Gasteiger partial charge in [0.2, 0.25) is 0 Å². The molecular weight excluding hydrogens is 342 g/mol. The maximum atomic E-state index is 12.7. The first kappa shape index (κ1) is 15.3. The minimum Gasteiger partial charge on any atom is -0.244 e. The summed E-state index contributed by atoms with van der Waals surface area (Å²) < 4.78 is 40.8. The number of halogens is 6. The van der Waals surface area contributed by atoms with Crippen LogP contribution in [0.3, 0.4) is 0 Å². The fraction of sp³-hybridized carbons (Fsp3) is 0.273. The highest BCUT2D eigenvalue weighted by atomic mass is 35.5. The number of hydrogen-bond donors (Lipinski definition) is 1. The van der Waals surface area contributed by atoms with Gasteiger partial charge in [0, 0.05) is 21.5 Å². The van der Waals surface area contributed by atoms with E-state index in [1.807, 2.05) is 0 Å². The van der Waals surface area contributed by atoms with Crippen molar-refractivity contribution in [2.45, 2.75) is 11.7 Å². The van der Waals surface area contributed by atoms with Crippen molar-refractivity contribution < 1.29 is 13.2 Å². The highest BCUT2D eigenvalue weighted by Crippen LogP contribution is 2.47. The average molecular weight is 349 g/mol. The zero-order chi connectivity index (χ0) is 14.3. The number of rotatable bonds is 2. The van der Waals surface area contributed by atoms with E-state index in [1.54, 1.807) is 18.2 Å². The van der Waals surface area contributed by atoms with Gasteiger partial charge in [-0.15, -0.1) is 11.6 Å². The summed E-state index contributed by atoms with van der Waals surface area (Å²) in [6.45, 7) is 0. The van der Waals surface area contributed by atoms with Crippen LogP contribution in [0.2, 0.25) is 10.0 Å². The smallest absolute Gasteiger partial charge is 0.244 e. The lowest BCUT2D eigenvalue weighted by Gasteiger charge is -2.27. The average Bonchev–Trinajstić information content (AvgIpc) is 2.74. The number of nitrogens with one attached hydrogen (secondary N) is 1. The van der Waals surface area contributed by atoms with E-state index in [4.69, 9.17) is 34.8 Å². The molecule has 0 saturated heterocycles. The van der Waals surface area contributed by atoms with Crippen molar-refractivity contribution in [3.8, 4) is 0 Å². The number of hydrogen-bond acceptors (Lipinski definition) is 2. The van der Waals surface area contributed by atoms with Crippen LogP contribution in [-0.2, 0) is 5.54 Å². The van der Waals surface area contributed by atoms with Gasteiger partial charge in [-0.25, -0.2) is 4.72 Å². The first-order chi connectivity index (χ1) is 8.80. The second-order valence-electron chi connectivity index (χ2n) is 3.91. The van der Waals surface area contributed by atoms with Crippen molar-refractivity contribution >= 4 is 46.8 Å². The van der Waals surface area contributed by atoms with E-state index in [1.165, 1.54) is 0 Å². The van der Waals surface area contributed by atoms with E-state index in [0.29, 0.717) is 17.5 Å². The number of benzene rings is 1. The standard InChI is InChI=1S/C11H7Cl3F3NS/c12-5-10(4-8(19-18-10)11(15,16)17)9-6(13)2-1-3-7(9)14/h1-4,18H,5H2. The first-order valence-corrected chi connectivity index (χ1v) is 7.15. The molecule has 1 aromatic rings. The van der Waals surface area contributed by atoms with Crippen molar-refractivity contribution in [2.24, 2.45) is 0 Å². The topological polar surface area (TPSA) is 12.0 Å². The Kier molecular flexibility index (Phi) is 4.33. The van der Waals surface area contributed by atoms with Crippen LogP contribution in [0.25, 0.3) is 0 Å². The lowest BCUT2D eigenvalue weighted by Crippen LogP contribution is -2.36. The number of alkyl halides is 4. The van der Waals surface area contributed by atoms with E-state index >= 15 is 0 Å². The molecule has 104 valence electrons. The molecule has 0 saturated carbocycles. The molecule has 1 atom stereocenters. The van der Waals surface area contributed by atoms with E-state index in [2.05, 4.69) is 4.72 Å². The molecule has 1 unspecified atom stereocenters. The van der Waals surface area contributed by atoms with Gasteiger partial charge in [0.05, 0.1) is 5.54 Å². The van der Waals surface area contributed by atoms with Gasteiger partial charge in [-0.1, -0.05) is 29.3 Å². The highest BCUT2D eigenvalue weighted by molar-refractivity contribution is 8.01. The molecule has 0 aromatic heterocycles. The summed E-state index contributed by atoms with van der Waals surface area (Å²) in [5.41, 5.74) is -0.882. The molecule has 2 rings (SSSR count).